The molecule has 2 saturated heterocycles. The SMILES string of the molecule is COC(=O)[C@@H]1CC[C@H](O)[C@@H]2CCCCN12. The number of piperidine rings is 2. The molecule has 0 aromatic heterocycles. The van der Waals surface area contributed by atoms with Gasteiger partial charge < -0.3 is 9.84 Å². The van der Waals surface area contributed by atoms with E-state index in [0.29, 0.717) is 0 Å². The Hall–Kier alpha value is -0.610. The highest BCUT2D eigenvalue weighted by Gasteiger charge is 2.41. The Bertz CT molecular complexity index is 244. The second-order valence-corrected chi connectivity index (χ2v) is 4.48. The minimum Gasteiger partial charge on any atom is -0.468 e. The molecule has 0 aromatic carbocycles. The average molecular weight is 213 g/mol. The van der Waals surface area contributed by atoms with Crippen LogP contribution in [-0.2, 0) is 9.53 Å². The summed E-state index contributed by atoms with van der Waals surface area (Å²) in [6.45, 7) is 0.918. The number of methoxy groups -OCH3 is 1. The number of nitrogens with zero attached hydrogens (tertiary/aromatic N) is 1. The quantitative estimate of drug-likeness (QED) is 0.646. The number of esters is 1. The number of aliphatic hydroxyl groups is 1. The molecule has 2 fully saturated rings. The predicted molar refractivity (Wildman–Crippen MR) is 55.4 cm³/mol. The molecule has 0 aromatic rings. The van der Waals surface area contributed by atoms with Crippen LogP contribution >= 0.6 is 0 Å². The first-order chi connectivity index (χ1) is 7.24. The molecule has 0 radical (unpaired) electrons. The summed E-state index contributed by atoms with van der Waals surface area (Å²) in [5.41, 5.74) is 0. The largest absolute Gasteiger partial charge is 0.468 e. The van der Waals surface area contributed by atoms with Crippen LogP contribution in [0.5, 0.6) is 0 Å². The minimum absolute atomic E-state index is 0.122. The molecule has 2 rings (SSSR count). The molecule has 3 atom stereocenters. The van der Waals surface area contributed by atoms with Crippen molar-refractivity contribution in [1.29, 1.82) is 0 Å². The fraction of sp³-hybridized carbons (Fsp3) is 0.909. The van der Waals surface area contributed by atoms with Crippen LogP contribution in [0.4, 0.5) is 0 Å². The lowest BCUT2D eigenvalue weighted by Crippen LogP contribution is -2.58. The molecular weight excluding hydrogens is 194 g/mol. The van der Waals surface area contributed by atoms with Gasteiger partial charge >= 0.3 is 5.97 Å². The molecule has 4 heteroatoms. The molecule has 1 N–H and O–H groups in total. The van der Waals surface area contributed by atoms with E-state index in [2.05, 4.69) is 4.90 Å². The van der Waals surface area contributed by atoms with Gasteiger partial charge in [0, 0.05) is 6.04 Å². The lowest BCUT2D eigenvalue weighted by molar-refractivity contribution is -0.154. The van der Waals surface area contributed by atoms with Crippen molar-refractivity contribution in [3.63, 3.8) is 0 Å². The molecule has 0 unspecified atom stereocenters. The highest BCUT2D eigenvalue weighted by molar-refractivity contribution is 5.75. The van der Waals surface area contributed by atoms with Crippen molar-refractivity contribution in [2.24, 2.45) is 0 Å². The van der Waals surface area contributed by atoms with Gasteiger partial charge in [0.2, 0.25) is 0 Å². The summed E-state index contributed by atoms with van der Waals surface area (Å²) in [6, 6.07) is 0.0558. The maximum absolute atomic E-state index is 11.6. The first-order valence-electron chi connectivity index (χ1n) is 5.75. The van der Waals surface area contributed by atoms with E-state index in [1.165, 1.54) is 7.11 Å². The average Bonchev–Trinajstić information content (AvgIpc) is 2.29. The number of aliphatic hydroxyl groups excluding tert-OH is 1. The zero-order valence-electron chi connectivity index (χ0n) is 9.19. The second kappa shape index (κ2) is 4.49. The molecule has 4 nitrogen and oxygen atoms in total. The third kappa shape index (κ3) is 2.01. The van der Waals surface area contributed by atoms with Gasteiger partial charge in [0.05, 0.1) is 13.2 Å². The van der Waals surface area contributed by atoms with E-state index in [1.807, 2.05) is 0 Å². The zero-order valence-corrected chi connectivity index (χ0v) is 9.19. The maximum Gasteiger partial charge on any atom is 0.323 e. The van der Waals surface area contributed by atoms with E-state index in [4.69, 9.17) is 4.74 Å². The van der Waals surface area contributed by atoms with Crippen LogP contribution in [0.1, 0.15) is 32.1 Å². The Morgan fingerprint density at radius 2 is 2.13 bits per heavy atom. The number of rotatable bonds is 1. The van der Waals surface area contributed by atoms with Gasteiger partial charge in [0.15, 0.2) is 0 Å². The van der Waals surface area contributed by atoms with Crippen molar-refractivity contribution >= 4 is 5.97 Å². The molecule has 0 amide bonds. The Morgan fingerprint density at radius 3 is 2.87 bits per heavy atom. The van der Waals surface area contributed by atoms with Crippen molar-refractivity contribution in [1.82, 2.24) is 4.90 Å². The van der Waals surface area contributed by atoms with E-state index < -0.39 is 0 Å². The predicted octanol–water partition coefficient (Wildman–Crippen LogP) is 0.537. The minimum atomic E-state index is -0.258. The first kappa shape index (κ1) is 10.9. The van der Waals surface area contributed by atoms with Crippen LogP contribution in [0, 0.1) is 0 Å². The van der Waals surface area contributed by atoms with Crippen molar-refractivity contribution in [2.75, 3.05) is 13.7 Å². The van der Waals surface area contributed by atoms with E-state index in [9.17, 15) is 9.90 Å². The summed E-state index contributed by atoms with van der Waals surface area (Å²) in [4.78, 5) is 13.7. The van der Waals surface area contributed by atoms with Crippen LogP contribution < -0.4 is 0 Å². The molecule has 15 heavy (non-hydrogen) atoms. The normalized spacial score (nSPS) is 37.1. The van der Waals surface area contributed by atoms with Gasteiger partial charge in [-0.3, -0.25) is 9.69 Å². The Labute approximate surface area is 90.2 Å². The van der Waals surface area contributed by atoms with Gasteiger partial charge in [-0.05, 0) is 32.2 Å². The molecule has 2 heterocycles. The first-order valence-corrected chi connectivity index (χ1v) is 5.75. The van der Waals surface area contributed by atoms with Crippen molar-refractivity contribution in [3.8, 4) is 0 Å². The fourth-order valence-electron chi connectivity index (χ4n) is 2.86. The highest BCUT2D eigenvalue weighted by atomic mass is 16.5. The van der Waals surface area contributed by atoms with Crippen LogP contribution in [-0.4, -0.2) is 47.8 Å². The molecule has 0 bridgehead atoms. The maximum atomic E-state index is 11.6. The lowest BCUT2D eigenvalue weighted by Gasteiger charge is -2.45. The Morgan fingerprint density at radius 1 is 1.33 bits per heavy atom. The molecule has 0 saturated carbocycles. The van der Waals surface area contributed by atoms with Crippen molar-refractivity contribution in [2.45, 2.75) is 50.3 Å². The number of ether oxygens (including phenoxy) is 1. The summed E-state index contributed by atoms with van der Waals surface area (Å²) in [7, 11) is 1.44. The number of hydrogen-bond acceptors (Lipinski definition) is 4. The van der Waals surface area contributed by atoms with Gasteiger partial charge in [0.1, 0.15) is 6.04 Å². The lowest BCUT2D eigenvalue weighted by atomic mass is 9.87. The number of carbonyl (C=O) groups is 1. The summed E-state index contributed by atoms with van der Waals surface area (Å²) in [5, 5.41) is 9.88. The molecule has 2 aliphatic rings. The molecule has 86 valence electrons. The van der Waals surface area contributed by atoms with Crippen LogP contribution in [0.3, 0.4) is 0 Å². The summed E-state index contributed by atoms with van der Waals surface area (Å²) in [5.74, 6) is -0.145. The topological polar surface area (TPSA) is 49.8 Å². The van der Waals surface area contributed by atoms with Gasteiger partial charge in [-0.1, -0.05) is 6.42 Å². The Balaban J connectivity index is 2.10. The summed E-state index contributed by atoms with van der Waals surface area (Å²) >= 11 is 0. The summed E-state index contributed by atoms with van der Waals surface area (Å²) in [6.07, 6.45) is 4.48. The third-order valence-electron chi connectivity index (χ3n) is 3.65. The van der Waals surface area contributed by atoms with Gasteiger partial charge in [0.25, 0.3) is 0 Å². The van der Waals surface area contributed by atoms with E-state index in [0.717, 1.165) is 38.6 Å². The monoisotopic (exact) mass is 213 g/mol. The van der Waals surface area contributed by atoms with E-state index in [1.54, 1.807) is 0 Å². The number of hydrogen-bond donors (Lipinski definition) is 1. The van der Waals surface area contributed by atoms with Gasteiger partial charge in [-0.25, -0.2) is 0 Å². The second-order valence-electron chi connectivity index (χ2n) is 4.48. The molecule has 0 aliphatic carbocycles. The summed E-state index contributed by atoms with van der Waals surface area (Å²) < 4.78 is 4.81. The molecule has 2 aliphatic heterocycles. The van der Waals surface area contributed by atoms with Gasteiger partial charge in [-0.15, -0.1) is 0 Å². The fourth-order valence-corrected chi connectivity index (χ4v) is 2.86. The molecular formula is C11H19NO3. The molecule has 0 spiro atoms. The van der Waals surface area contributed by atoms with Crippen LogP contribution in [0.15, 0.2) is 0 Å². The highest BCUT2D eigenvalue weighted by Crippen LogP contribution is 2.30. The third-order valence-corrected chi connectivity index (χ3v) is 3.65. The van der Waals surface area contributed by atoms with Gasteiger partial charge in [-0.2, -0.15) is 0 Å². The standard InChI is InChI=1S/C11H19NO3/c1-15-11(14)9-5-6-10(13)8-4-2-3-7-12(8)9/h8-10,13H,2-7H2,1H3/t8-,9-,10-/m0/s1. The number of fused-ring (bicyclic) bond motifs is 1. The zero-order chi connectivity index (χ0) is 10.8. The van der Waals surface area contributed by atoms with Crippen molar-refractivity contribution < 1.29 is 14.6 Å². The smallest absolute Gasteiger partial charge is 0.323 e. The number of carbonyl (C=O) groups excluding carboxylic acids is 1. The van der Waals surface area contributed by atoms with Crippen LogP contribution in [0.25, 0.3) is 0 Å². The van der Waals surface area contributed by atoms with E-state index >= 15 is 0 Å². The Kier molecular flexibility index (Phi) is 3.26. The van der Waals surface area contributed by atoms with Crippen LogP contribution in [0.2, 0.25) is 0 Å². The van der Waals surface area contributed by atoms with E-state index in [-0.39, 0.29) is 24.2 Å². The van der Waals surface area contributed by atoms with Crippen molar-refractivity contribution in [3.05, 3.63) is 0 Å².